The average molecular weight is 219 g/mol. The highest BCUT2D eigenvalue weighted by molar-refractivity contribution is 5.93. The fraction of sp³-hybridized carbons (Fsp3) is 0.385. The molecule has 1 aromatic rings. The summed E-state index contributed by atoms with van der Waals surface area (Å²) in [5, 5.41) is 0. The standard InChI is InChI=1S/C13H17NO2/c1-3-5-6-9-16-11-7-8-12(14-10-11)13(15)4-2/h3,7-8,10H,1,4-6,9H2,2H3. The number of aromatic nitrogens is 1. The second-order valence-corrected chi connectivity index (χ2v) is 3.44. The summed E-state index contributed by atoms with van der Waals surface area (Å²) >= 11 is 0. The van der Waals surface area contributed by atoms with E-state index in [1.807, 2.05) is 13.0 Å². The molecule has 1 heterocycles. The number of unbranched alkanes of at least 4 members (excludes halogenated alkanes) is 1. The normalized spacial score (nSPS) is 9.81. The van der Waals surface area contributed by atoms with Crippen molar-refractivity contribution in [1.29, 1.82) is 0 Å². The Morgan fingerprint density at radius 2 is 2.38 bits per heavy atom. The van der Waals surface area contributed by atoms with Gasteiger partial charge >= 0.3 is 0 Å². The van der Waals surface area contributed by atoms with Crippen LogP contribution in [0.2, 0.25) is 0 Å². The number of ketones is 1. The summed E-state index contributed by atoms with van der Waals surface area (Å²) in [6.45, 7) is 6.11. The number of pyridine rings is 1. The van der Waals surface area contributed by atoms with Crippen molar-refractivity contribution in [2.75, 3.05) is 6.61 Å². The van der Waals surface area contributed by atoms with Crippen molar-refractivity contribution in [1.82, 2.24) is 4.98 Å². The molecule has 0 amide bonds. The minimum absolute atomic E-state index is 0.0539. The van der Waals surface area contributed by atoms with Gasteiger partial charge in [-0.15, -0.1) is 6.58 Å². The Bertz CT molecular complexity index is 343. The van der Waals surface area contributed by atoms with Gasteiger partial charge in [0.2, 0.25) is 0 Å². The molecule has 0 bridgehead atoms. The Balaban J connectivity index is 2.45. The van der Waals surface area contributed by atoms with Crippen LogP contribution in [-0.4, -0.2) is 17.4 Å². The van der Waals surface area contributed by atoms with E-state index in [1.54, 1.807) is 18.3 Å². The van der Waals surface area contributed by atoms with Crippen LogP contribution in [0.25, 0.3) is 0 Å². The lowest BCUT2D eigenvalue weighted by Crippen LogP contribution is -2.01. The van der Waals surface area contributed by atoms with E-state index in [2.05, 4.69) is 11.6 Å². The molecular weight excluding hydrogens is 202 g/mol. The van der Waals surface area contributed by atoms with Crippen molar-refractivity contribution in [3.05, 3.63) is 36.7 Å². The zero-order valence-corrected chi connectivity index (χ0v) is 9.61. The van der Waals surface area contributed by atoms with Gasteiger partial charge in [-0.2, -0.15) is 0 Å². The zero-order valence-electron chi connectivity index (χ0n) is 9.61. The van der Waals surface area contributed by atoms with E-state index >= 15 is 0 Å². The Morgan fingerprint density at radius 3 is 2.94 bits per heavy atom. The van der Waals surface area contributed by atoms with Gasteiger partial charge in [0.25, 0.3) is 0 Å². The third-order valence-electron chi connectivity index (χ3n) is 2.16. The summed E-state index contributed by atoms with van der Waals surface area (Å²) in [6.07, 6.45) is 5.83. The van der Waals surface area contributed by atoms with E-state index in [-0.39, 0.29) is 5.78 Å². The van der Waals surface area contributed by atoms with Gasteiger partial charge in [-0.3, -0.25) is 4.79 Å². The molecule has 3 heteroatoms. The van der Waals surface area contributed by atoms with Crippen LogP contribution in [0.15, 0.2) is 31.0 Å². The Hall–Kier alpha value is -1.64. The monoisotopic (exact) mass is 219 g/mol. The summed E-state index contributed by atoms with van der Waals surface area (Å²) in [6, 6.07) is 3.48. The molecule has 0 saturated carbocycles. The lowest BCUT2D eigenvalue weighted by molar-refractivity contribution is 0.0983. The fourth-order valence-electron chi connectivity index (χ4n) is 1.23. The molecule has 3 nitrogen and oxygen atoms in total. The molecule has 86 valence electrons. The number of hydrogen-bond donors (Lipinski definition) is 0. The van der Waals surface area contributed by atoms with Crippen LogP contribution in [-0.2, 0) is 0 Å². The zero-order chi connectivity index (χ0) is 11.8. The van der Waals surface area contributed by atoms with Gasteiger partial charge in [0.1, 0.15) is 11.4 Å². The molecule has 1 aromatic heterocycles. The van der Waals surface area contributed by atoms with Gasteiger partial charge < -0.3 is 4.74 Å². The first-order valence-electron chi connectivity index (χ1n) is 5.51. The van der Waals surface area contributed by atoms with E-state index in [1.165, 1.54) is 0 Å². The summed E-state index contributed by atoms with van der Waals surface area (Å²) in [5.41, 5.74) is 0.501. The highest BCUT2D eigenvalue weighted by atomic mass is 16.5. The first-order valence-corrected chi connectivity index (χ1v) is 5.51. The van der Waals surface area contributed by atoms with E-state index in [0.29, 0.717) is 24.5 Å². The minimum Gasteiger partial charge on any atom is -0.492 e. The Morgan fingerprint density at radius 1 is 1.56 bits per heavy atom. The van der Waals surface area contributed by atoms with Crippen molar-refractivity contribution >= 4 is 5.78 Å². The second-order valence-electron chi connectivity index (χ2n) is 3.44. The summed E-state index contributed by atoms with van der Waals surface area (Å²) < 4.78 is 5.45. The van der Waals surface area contributed by atoms with Crippen LogP contribution in [0.5, 0.6) is 5.75 Å². The van der Waals surface area contributed by atoms with Gasteiger partial charge in [0, 0.05) is 6.42 Å². The molecule has 0 aliphatic heterocycles. The SMILES string of the molecule is C=CCCCOc1ccc(C(=O)CC)nc1. The molecule has 0 spiro atoms. The number of hydrogen-bond acceptors (Lipinski definition) is 3. The topological polar surface area (TPSA) is 39.2 Å². The lowest BCUT2D eigenvalue weighted by atomic mass is 10.2. The predicted octanol–water partition coefficient (Wildman–Crippen LogP) is 3.02. The molecule has 16 heavy (non-hydrogen) atoms. The molecule has 0 aliphatic rings. The maximum Gasteiger partial charge on any atom is 0.180 e. The number of ether oxygens (including phenoxy) is 1. The van der Waals surface area contributed by atoms with Crippen molar-refractivity contribution in [3.63, 3.8) is 0 Å². The number of carbonyl (C=O) groups is 1. The quantitative estimate of drug-likeness (QED) is 0.402. The van der Waals surface area contributed by atoms with Gasteiger partial charge in [-0.05, 0) is 25.0 Å². The van der Waals surface area contributed by atoms with Crippen LogP contribution in [0, 0.1) is 0 Å². The molecule has 0 aliphatic carbocycles. The van der Waals surface area contributed by atoms with Crippen molar-refractivity contribution in [2.45, 2.75) is 26.2 Å². The molecule has 0 atom stereocenters. The first-order chi connectivity index (χ1) is 7.77. The second kappa shape index (κ2) is 6.77. The van der Waals surface area contributed by atoms with E-state index in [9.17, 15) is 4.79 Å². The van der Waals surface area contributed by atoms with Crippen LogP contribution in [0.3, 0.4) is 0 Å². The van der Waals surface area contributed by atoms with Crippen molar-refractivity contribution in [2.24, 2.45) is 0 Å². The van der Waals surface area contributed by atoms with Gasteiger partial charge in [-0.25, -0.2) is 4.98 Å². The smallest absolute Gasteiger partial charge is 0.180 e. The van der Waals surface area contributed by atoms with Crippen LogP contribution >= 0.6 is 0 Å². The number of carbonyl (C=O) groups excluding carboxylic acids is 1. The molecule has 0 unspecified atom stereocenters. The lowest BCUT2D eigenvalue weighted by Gasteiger charge is -2.05. The van der Waals surface area contributed by atoms with Crippen LogP contribution < -0.4 is 4.74 Å². The highest BCUT2D eigenvalue weighted by Crippen LogP contribution is 2.10. The number of Topliss-reactive ketones (excluding diaryl/α,β-unsaturated/α-hetero) is 1. The van der Waals surface area contributed by atoms with Crippen LogP contribution in [0.4, 0.5) is 0 Å². The van der Waals surface area contributed by atoms with Gasteiger partial charge in [-0.1, -0.05) is 13.0 Å². The molecule has 0 fully saturated rings. The Kier molecular flexibility index (Phi) is 5.26. The highest BCUT2D eigenvalue weighted by Gasteiger charge is 2.04. The molecule has 0 N–H and O–H groups in total. The van der Waals surface area contributed by atoms with Crippen LogP contribution in [0.1, 0.15) is 36.7 Å². The van der Waals surface area contributed by atoms with E-state index < -0.39 is 0 Å². The van der Waals surface area contributed by atoms with Gasteiger partial charge in [0.15, 0.2) is 5.78 Å². The average Bonchev–Trinajstić information content (AvgIpc) is 2.34. The molecule has 0 saturated heterocycles. The molecule has 0 aromatic carbocycles. The third kappa shape index (κ3) is 3.85. The Labute approximate surface area is 96.2 Å². The number of allylic oxidation sites excluding steroid dienone is 1. The molecular formula is C13H17NO2. The van der Waals surface area contributed by atoms with Gasteiger partial charge in [0.05, 0.1) is 12.8 Å². The summed E-state index contributed by atoms with van der Waals surface area (Å²) in [7, 11) is 0. The maximum atomic E-state index is 11.3. The third-order valence-corrected chi connectivity index (χ3v) is 2.16. The molecule has 0 radical (unpaired) electrons. The minimum atomic E-state index is 0.0539. The predicted molar refractivity (Wildman–Crippen MR) is 63.8 cm³/mol. The summed E-state index contributed by atoms with van der Waals surface area (Å²) in [4.78, 5) is 15.4. The number of nitrogens with zero attached hydrogens (tertiary/aromatic N) is 1. The van der Waals surface area contributed by atoms with Crippen molar-refractivity contribution in [3.8, 4) is 5.75 Å². The maximum absolute atomic E-state index is 11.3. The first kappa shape index (κ1) is 12.4. The number of rotatable bonds is 7. The van der Waals surface area contributed by atoms with Crippen molar-refractivity contribution < 1.29 is 9.53 Å². The summed E-state index contributed by atoms with van der Waals surface area (Å²) in [5.74, 6) is 0.759. The van der Waals surface area contributed by atoms with E-state index in [4.69, 9.17) is 4.74 Å². The van der Waals surface area contributed by atoms with E-state index in [0.717, 1.165) is 12.8 Å². The molecule has 1 rings (SSSR count). The fourth-order valence-corrected chi connectivity index (χ4v) is 1.23. The largest absolute Gasteiger partial charge is 0.492 e.